The minimum atomic E-state index is -0.759. The number of amides is 1. The molecule has 0 bridgehead atoms. The highest BCUT2D eigenvalue weighted by Crippen LogP contribution is 2.05. The molecule has 1 unspecified atom stereocenters. The lowest BCUT2D eigenvalue weighted by atomic mass is 10.2. The number of carbonyl (C=O) groups is 2. The number of rotatable bonds is 16. The van der Waals surface area contributed by atoms with Gasteiger partial charge in [0.1, 0.15) is 5.78 Å². The topological polar surface area (TPSA) is 105 Å². The monoisotopic (exact) mass is 365 g/mol. The molecule has 0 radical (unpaired) electrons. The predicted octanol–water partition coefficient (Wildman–Crippen LogP) is 0.228. The van der Waals surface area contributed by atoms with E-state index < -0.39 is 6.10 Å². The number of aliphatic hydroxyl groups is 2. The lowest BCUT2D eigenvalue weighted by Gasteiger charge is -2.08. The van der Waals surface area contributed by atoms with E-state index >= 15 is 0 Å². The number of nitrogens with one attached hydrogen (secondary N) is 1. The third-order valence-electron chi connectivity index (χ3n) is 2.97. The van der Waals surface area contributed by atoms with Crippen molar-refractivity contribution in [1.82, 2.24) is 5.32 Å². The molecule has 0 aliphatic heterocycles. The Hall–Kier alpha value is -0.670. The fourth-order valence-electron chi connectivity index (χ4n) is 1.58. The van der Waals surface area contributed by atoms with Crippen LogP contribution in [0.2, 0.25) is 0 Å². The van der Waals surface area contributed by atoms with Crippen LogP contribution in [0, 0.1) is 5.92 Å². The van der Waals surface area contributed by atoms with Crippen LogP contribution in [0.1, 0.15) is 26.7 Å². The number of hydrogen-bond acceptors (Lipinski definition) is 7. The third-order valence-corrected chi connectivity index (χ3v) is 4.12. The molecule has 0 heterocycles. The van der Waals surface area contributed by atoms with Crippen LogP contribution in [0.15, 0.2) is 0 Å². The Labute approximate surface area is 148 Å². The smallest absolute Gasteiger partial charge is 0.222 e. The van der Waals surface area contributed by atoms with Crippen molar-refractivity contribution in [2.24, 2.45) is 5.92 Å². The molecular weight excluding hydrogens is 334 g/mol. The molecule has 0 fully saturated rings. The number of Topliss-reactive ketones (excluding diaryl/α,β-unsaturated/α-hetero) is 1. The molecule has 24 heavy (non-hydrogen) atoms. The number of thioether (sulfide) groups is 1. The predicted molar refractivity (Wildman–Crippen MR) is 94.1 cm³/mol. The summed E-state index contributed by atoms with van der Waals surface area (Å²) in [6.07, 6.45) is 0.348. The maximum Gasteiger partial charge on any atom is 0.222 e. The molecule has 3 N–H and O–H groups in total. The van der Waals surface area contributed by atoms with E-state index in [9.17, 15) is 9.59 Å². The first-order chi connectivity index (χ1) is 11.5. The summed E-state index contributed by atoms with van der Waals surface area (Å²) in [6.45, 7) is 5.78. The Morgan fingerprint density at radius 1 is 1.12 bits per heavy atom. The summed E-state index contributed by atoms with van der Waals surface area (Å²) in [7, 11) is 0. The molecular formula is C16H31NO6S. The molecule has 0 aromatic carbocycles. The van der Waals surface area contributed by atoms with Crippen molar-refractivity contribution in [2.75, 3.05) is 51.1 Å². The van der Waals surface area contributed by atoms with Gasteiger partial charge in [0.2, 0.25) is 5.91 Å². The van der Waals surface area contributed by atoms with E-state index in [1.807, 2.05) is 13.8 Å². The second-order valence-electron chi connectivity index (χ2n) is 5.66. The quantitative estimate of drug-likeness (QED) is 0.336. The molecule has 1 amide bonds. The first-order valence-corrected chi connectivity index (χ1v) is 9.44. The normalized spacial score (nSPS) is 12.4. The highest BCUT2D eigenvalue weighted by atomic mass is 32.2. The van der Waals surface area contributed by atoms with E-state index in [-0.39, 0.29) is 24.2 Å². The molecule has 0 aromatic heterocycles. The zero-order valence-electron chi connectivity index (χ0n) is 14.7. The molecule has 0 aromatic rings. The number of aliphatic hydroxyl groups excluding tert-OH is 2. The molecule has 0 saturated heterocycles. The molecule has 8 heteroatoms. The maximum atomic E-state index is 11.5. The summed E-state index contributed by atoms with van der Waals surface area (Å²) < 4.78 is 10.7. The van der Waals surface area contributed by atoms with Gasteiger partial charge in [0.25, 0.3) is 0 Å². The van der Waals surface area contributed by atoms with Crippen LogP contribution < -0.4 is 5.32 Å². The van der Waals surface area contributed by atoms with Crippen molar-refractivity contribution in [3.63, 3.8) is 0 Å². The number of ketones is 1. The van der Waals surface area contributed by atoms with Crippen LogP contribution in [0.25, 0.3) is 0 Å². The highest BCUT2D eigenvalue weighted by molar-refractivity contribution is 8.00. The van der Waals surface area contributed by atoms with E-state index in [1.54, 1.807) is 0 Å². The summed E-state index contributed by atoms with van der Waals surface area (Å²) in [4.78, 5) is 22.8. The molecule has 0 spiro atoms. The van der Waals surface area contributed by atoms with E-state index in [0.717, 1.165) is 0 Å². The largest absolute Gasteiger partial charge is 0.394 e. The van der Waals surface area contributed by atoms with Crippen LogP contribution in [-0.2, 0) is 19.1 Å². The van der Waals surface area contributed by atoms with Gasteiger partial charge in [-0.05, 0) is 6.42 Å². The van der Waals surface area contributed by atoms with Crippen LogP contribution in [0.5, 0.6) is 0 Å². The van der Waals surface area contributed by atoms with E-state index in [2.05, 4.69) is 5.32 Å². The average molecular weight is 365 g/mol. The van der Waals surface area contributed by atoms with E-state index in [0.29, 0.717) is 57.3 Å². The molecule has 0 aliphatic carbocycles. The third kappa shape index (κ3) is 14.9. The van der Waals surface area contributed by atoms with Gasteiger partial charge in [-0.2, -0.15) is 11.8 Å². The standard InChI is InChI=1S/C16H31NO6S/c1-13(2)16(21)17-5-7-23-9-8-22-6-3-4-14(19)11-24-12-15(20)10-18/h13,15,18,20H,3-12H2,1-2H3,(H,17,21). The van der Waals surface area contributed by atoms with Crippen molar-refractivity contribution in [1.29, 1.82) is 0 Å². The van der Waals surface area contributed by atoms with Crippen LogP contribution >= 0.6 is 11.8 Å². The van der Waals surface area contributed by atoms with Crippen LogP contribution in [0.3, 0.4) is 0 Å². The summed E-state index contributed by atoms with van der Waals surface area (Å²) in [5.41, 5.74) is 0. The zero-order chi connectivity index (χ0) is 18.2. The Morgan fingerprint density at radius 2 is 1.79 bits per heavy atom. The summed E-state index contributed by atoms with van der Waals surface area (Å²) in [5.74, 6) is 0.833. The number of carbonyl (C=O) groups excluding carboxylic acids is 2. The fraction of sp³-hybridized carbons (Fsp3) is 0.875. The van der Waals surface area contributed by atoms with Crippen molar-refractivity contribution in [2.45, 2.75) is 32.8 Å². The second-order valence-corrected chi connectivity index (χ2v) is 6.69. The number of ether oxygens (including phenoxy) is 2. The van der Waals surface area contributed by atoms with Crippen molar-refractivity contribution in [3.8, 4) is 0 Å². The molecule has 0 saturated carbocycles. The average Bonchev–Trinajstić information content (AvgIpc) is 2.55. The first kappa shape index (κ1) is 23.3. The van der Waals surface area contributed by atoms with E-state index in [4.69, 9.17) is 19.7 Å². The van der Waals surface area contributed by atoms with E-state index in [1.165, 1.54) is 11.8 Å². The van der Waals surface area contributed by atoms with Gasteiger partial charge >= 0.3 is 0 Å². The summed E-state index contributed by atoms with van der Waals surface area (Å²) in [6, 6.07) is 0. The van der Waals surface area contributed by atoms with Crippen molar-refractivity contribution in [3.05, 3.63) is 0 Å². The van der Waals surface area contributed by atoms with Gasteiger partial charge in [-0.3, -0.25) is 9.59 Å². The zero-order valence-corrected chi connectivity index (χ0v) is 15.5. The fourth-order valence-corrected chi connectivity index (χ4v) is 2.44. The van der Waals surface area contributed by atoms with Crippen molar-refractivity contribution < 1.29 is 29.3 Å². The summed E-state index contributed by atoms with van der Waals surface area (Å²) >= 11 is 1.33. The SMILES string of the molecule is CC(C)C(=O)NCCOCCOCCCC(=O)CSCC(O)CO. The second kappa shape index (κ2) is 15.8. The molecule has 1 atom stereocenters. The van der Waals surface area contributed by atoms with Crippen LogP contribution in [0.4, 0.5) is 0 Å². The Bertz CT molecular complexity index is 341. The Balaban J connectivity index is 3.27. The van der Waals surface area contributed by atoms with Gasteiger partial charge in [0.05, 0.1) is 38.3 Å². The minimum Gasteiger partial charge on any atom is -0.394 e. The Kier molecular flexibility index (Phi) is 15.4. The van der Waals surface area contributed by atoms with Gasteiger partial charge < -0.3 is 25.0 Å². The lowest BCUT2D eigenvalue weighted by molar-refractivity contribution is -0.124. The minimum absolute atomic E-state index is 0.0172. The van der Waals surface area contributed by atoms with Gasteiger partial charge in [0, 0.05) is 31.2 Å². The van der Waals surface area contributed by atoms with Crippen LogP contribution in [-0.4, -0.2) is 79.1 Å². The lowest BCUT2D eigenvalue weighted by Crippen LogP contribution is -2.31. The highest BCUT2D eigenvalue weighted by Gasteiger charge is 2.06. The molecule has 7 nitrogen and oxygen atoms in total. The van der Waals surface area contributed by atoms with Crippen molar-refractivity contribution >= 4 is 23.5 Å². The van der Waals surface area contributed by atoms with Gasteiger partial charge in [-0.25, -0.2) is 0 Å². The maximum absolute atomic E-state index is 11.5. The molecule has 0 rings (SSSR count). The molecule has 0 aliphatic rings. The van der Waals surface area contributed by atoms with Gasteiger partial charge in [-0.1, -0.05) is 13.8 Å². The number of hydrogen-bond donors (Lipinski definition) is 3. The summed E-state index contributed by atoms with van der Waals surface area (Å²) in [5, 5.41) is 20.5. The van der Waals surface area contributed by atoms with Gasteiger partial charge in [-0.15, -0.1) is 0 Å². The first-order valence-electron chi connectivity index (χ1n) is 8.29. The Morgan fingerprint density at radius 3 is 2.42 bits per heavy atom. The van der Waals surface area contributed by atoms with Gasteiger partial charge in [0.15, 0.2) is 0 Å². The molecule has 142 valence electrons.